The Balaban J connectivity index is 1.67. The second-order valence-corrected chi connectivity index (χ2v) is 15.8. The highest BCUT2D eigenvalue weighted by atomic mass is 31.2. The van der Waals surface area contributed by atoms with Crippen molar-refractivity contribution in [1.29, 1.82) is 5.26 Å². The van der Waals surface area contributed by atoms with Crippen LogP contribution in [0.3, 0.4) is 0 Å². The summed E-state index contributed by atoms with van der Waals surface area (Å²) in [5, 5.41) is 9.42. The van der Waals surface area contributed by atoms with E-state index >= 15 is 0 Å². The van der Waals surface area contributed by atoms with Gasteiger partial charge in [-0.05, 0) is 88.0 Å². The van der Waals surface area contributed by atoms with Crippen molar-refractivity contribution in [1.82, 2.24) is 14.2 Å². The van der Waals surface area contributed by atoms with Crippen LogP contribution in [0.15, 0.2) is 101 Å². The maximum atomic E-state index is 13.4. The number of ether oxygens (including phenoxy) is 5. The Kier molecular flexibility index (Phi) is 16.6. The van der Waals surface area contributed by atoms with E-state index in [-0.39, 0.29) is 31.7 Å². The van der Waals surface area contributed by atoms with Crippen LogP contribution in [0, 0.1) is 11.3 Å². The molecule has 0 bridgehead atoms. The van der Waals surface area contributed by atoms with Crippen LogP contribution >= 0.6 is 8.53 Å². The third-order valence-corrected chi connectivity index (χ3v) is 12.0. The van der Waals surface area contributed by atoms with Gasteiger partial charge in [-0.15, -0.1) is 0 Å². The lowest BCUT2D eigenvalue weighted by Gasteiger charge is -2.39. The first kappa shape index (κ1) is 44.7. The summed E-state index contributed by atoms with van der Waals surface area (Å²) in [5.74, 6) is 1.36. The van der Waals surface area contributed by atoms with E-state index in [0.29, 0.717) is 31.1 Å². The zero-order valence-electron chi connectivity index (χ0n) is 34.1. The summed E-state index contributed by atoms with van der Waals surface area (Å²) in [6.45, 7) is 9.09. The number of aromatic nitrogens is 2. The van der Waals surface area contributed by atoms with Crippen LogP contribution < -0.4 is 26.5 Å². The van der Waals surface area contributed by atoms with Crippen LogP contribution in [0.25, 0.3) is 0 Å². The van der Waals surface area contributed by atoms with Crippen LogP contribution in [0.4, 0.5) is 0 Å². The number of nitriles is 1. The van der Waals surface area contributed by atoms with E-state index in [0.717, 1.165) is 23.1 Å². The summed E-state index contributed by atoms with van der Waals surface area (Å²) in [5.41, 5.74) is 5.90. The number of rotatable bonds is 22. The van der Waals surface area contributed by atoms with Crippen LogP contribution in [0.2, 0.25) is 0 Å². The van der Waals surface area contributed by atoms with Gasteiger partial charge in [0.2, 0.25) is 0 Å². The van der Waals surface area contributed by atoms with Crippen molar-refractivity contribution in [2.24, 2.45) is 5.73 Å². The van der Waals surface area contributed by atoms with Gasteiger partial charge in [-0.25, -0.2) is 9.46 Å². The van der Waals surface area contributed by atoms with Crippen molar-refractivity contribution in [3.8, 4) is 17.6 Å². The molecular weight excluding hydrogens is 761 g/mol. The number of nitrogens with one attached hydrogen (secondary N) is 1. The molecule has 5 rings (SSSR count). The van der Waals surface area contributed by atoms with Crippen LogP contribution in [0.1, 0.15) is 69.9 Å². The molecule has 3 aromatic carbocycles. The van der Waals surface area contributed by atoms with E-state index in [1.165, 1.54) is 16.8 Å². The number of unbranched alkanes of at least 4 members (excludes halogenated alkanes) is 1. The highest BCUT2D eigenvalue weighted by Gasteiger charge is 2.51. The fourth-order valence-corrected chi connectivity index (χ4v) is 8.91. The number of hydrogen-bond donors (Lipinski definition) is 2. The molecule has 1 aromatic heterocycles. The molecule has 5 atom stereocenters. The minimum atomic E-state index is -1.81. The topological polar surface area (TPSA) is 173 Å². The molecule has 1 aliphatic rings. The third kappa shape index (κ3) is 10.6. The smallest absolute Gasteiger partial charge is 0.330 e. The molecule has 1 unspecified atom stereocenters. The van der Waals surface area contributed by atoms with Crippen molar-refractivity contribution in [2.45, 2.75) is 89.2 Å². The second kappa shape index (κ2) is 21.5. The van der Waals surface area contributed by atoms with Crippen LogP contribution in [-0.2, 0) is 28.9 Å². The van der Waals surface area contributed by atoms with Gasteiger partial charge in [-0.3, -0.25) is 14.3 Å². The molecule has 3 N–H and O–H groups in total. The number of methoxy groups -OCH3 is 2. The zero-order valence-corrected chi connectivity index (χ0v) is 35.0. The van der Waals surface area contributed by atoms with Gasteiger partial charge in [-0.2, -0.15) is 5.26 Å². The van der Waals surface area contributed by atoms with E-state index in [2.05, 4.69) is 43.4 Å². The number of aromatic amines is 1. The first-order valence-corrected chi connectivity index (χ1v) is 20.7. The average Bonchev–Trinajstić information content (AvgIpc) is 3.56. The lowest BCUT2D eigenvalue weighted by molar-refractivity contribution is -0.0977. The fourth-order valence-electron chi connectivity index (χ4n) is 7.14. The SMILES string of the molecule is COc1ccc(C(OC[C@H]2O[C@@H](n3ccc(=O)[nH]c3=O)[C@H](OCCCCN)[C@@H]2OP(OCCC#N)N(C(C)C)C(C)C)(c2ccccc2)c2ccc(OC)cc2)cc1. The third-order valence-electron chi connectivity index (χ3n) is 9.83. The molecule has 0 aliphatic carbocycles. The predicted molar refractivity (Wildman–Crippen MR) is 222 cm³/mol. The quantitative estimate of drug-likeness (QED) is 0.0520. The molecule has 0 saturated carbocycles. The minimum Gasteiger partial charge on any atom is -0.497 e. The fraction of sp³-hybridized carbons (Fsp3) is 0.465. The van der Waals surface area contributed by atoms with Gasteiger partial charge < -0.3 is 38.5 Å². The lowest BCUT2D eigenvalue weighted by Crippen LogP contribution is -2.43. The Bertz CT molecular complexity index is 1950. The summed E-state index contributed by atoms with van der Waals surface area (Å²) in [7, 11) is 1.43. The molecule has 1 saturated heterocycles. The van der Waals surface area contributed by atoms with Crippen molar-refractivity contribution >= 4 is 8.53 Å². The predicted octanol–water partition coefficient (Wildman–Crippen LogP) is 6.25. The van der Waals surface area contributed by atoms with Gasteiger partial charge in [-0.1, -0.05) is 54.6 Å². The highest BCUT2D eigenvalue weighted by Crippen LogP contribution is 2.51. The average molecular weight is 818 g/mol. The molecule has 0 spiro atoms. The van der Waals surface area contributed by atoms with E-state index < -0.39 is 49.9 Å². The van der Waals surface area contributed by atoms with Crippen molar-refractivity contribution in [3.05, 3.63) is 129 Å². The minimum absolute atomic E-state index is 0.00244. The maximum Gasteiger partial charge on any atom is 0.330 e. The molecule has 1 fully saturated rings. The molecule has 1 aliphatic heterocycles. The number of nitrogens with two attached hydrogens (primary N) is 1. The molecule has 312 valence electrons. The van der Waals surface area contributed by atoms with Gasteiger partial charge in [0, 0.05) is 31.0 Å². The molecular formula is C43H56N5O9P. The molecule has 0 amide bonds. The molecule has 0 radical (unpaired) electrons. The maximum absolute atomic E-state index is 13.4. The first-order chi connectivity index (χ1) is 28.1. The standard InChI is InChI=1S/C43H56N5O9P/c1-30(2)48(31(3)4)58(55-28-12-25-45)57-39-37(56-41(40(39)53-27-11-10-24-44)47-26-23-38(49)46-42(47)50)29-54-43(32-13-8-7-9-14-32,33-15-19-35(51-5)20-16-33)34-17-21-36(52-6)22-18-34/h7-9,13-23,26,30-31,37,39-41H,10-12,24,27-29,44H2,1-6H3,(H,46,49,50)/t37-,39-,40-,41-,58?/m1/s1. The number of H-pyrrole nitrogens is 1. The summed E-state index contributed by atoms with van der Waals surface area (Å²) in [4.78, 5) is 28.0. The number of hydrogen-bond acceptors (Lipinski definition) is 12. The van der Waals surface area contributed by atoms with E-state index in [1.54, 1.807) is 14.2 Å². The molecule has 15 heteroatoms. The summed E-state index contributed by atoms with van der Waals surface area (Å²) >= 11 is 0. The summed E-state index contributed by atoms with van der Waals surface area (Å²) in [6, 6.07) is 28.7. The van der Waals surface area contributed by atoms with Crippen LogP contribution in [-0.4, -0.2) is 85.2 Å². The van der Waals surface area contributed by atoms with Crippen molar-refractivity contribution in [2.75, 3.05) is 40.6 Å². The Hall–Kier alpha value is -4.42. The highest BCUT2D eigenvalue weighted by molar-refractivity contribution is 7.44. The summed E-state index contributed by atoms with van der Waals surface area (Å²) in [6.07, 6.45) is -0.688. The molecule has 14 nitrogen and oxygen atoms in total. The van der Waals surface area contributed by atoms with E-state index in [1.807, 2.05) is 78.9 Å². The molecule has 2 heterocycles. The van der Waals surface area contributed by atoms with Gasteiger partial charge in [0.1, 0.15) is 35.4 Å². The van der Waals surface area contributed by atoms with E-state index in [9.17, 15) is 14.9 Å². The van der Waals surface area contributed by atoms with Gasteiger partial charge in [0.05, 0.1) is 39.9 Å². The molecule has 58 heavy (non-hydrogen) atoms. The Labute approximate surface area is 341 Å². The Morgan fingerprint density at radius 2 is 1.47 bits per heavy atom. The van der Waals surface area contributed by atoms with Crippen molar-refractivity contribution in [3.63, 3.8) is 0 Å². The first-order valence-electron chi connectivity index (χ1n) is 19.6. The van der Waals surface area contributed by atoms with E-state index in [4.69, 9.17) is 38.5 Å². The Morgan fingerprint density at radius 1 is 0.862 bits per heavy atom. The number of nitrogens with zero attached hydrogens (tertiary/aromatic N) is 3. The summed E-state index contributed by atoms with van der Waals surface area (Å²) < 4.78 is 48.7. The Morgan fingerprint density at radius 3 is 2.00 bits per heavy atom. The lowest BCUT2D eigenvalue weighted by atomic mass is 9.80. The van der Waals surface area contributed by atoms with Crippen LogP contribution in [0.5, 0.6) is 11.5 Å². The molecule has 4 aromatic rings. The van der Waals surface area contributed by atoms with Gasteiger partial charge >= 0.3 is 5.69 Å². The zero-order chi connectivity index (χ0) is 41.7. The monoisotopic (exact) mass is 817 g/mol. The normalized spacial score (nSPS) is 18.8. The van der Waals surface area contributed by atoms with Gasteiger partial charge in [0.25, 0.3) is 14.1 Å². The largest absolute Gasteiger partial charge is 0.497 e. The number of benzene rings is 3. The van der Waals surface area contributed by atoms with Crippen molar-refractivity contribution < 1.29 is 32.7 Å². The van der Waals surface area contributed by atoms with Gasteiger partial charge in [0.15, 0.2) is 6.23 Å². The second-order valence-electron chi connectivity index (χ2n) is 14.3.